The molecule has 6 heteroatoms. The molecular weight excluding hydrogens is 230 g/mol. The van der Waals surface area contributed by atoms with Gasteiger partial charge in [0, 0.05) is 6.04 Å². The zero-order valence-electron chi connectivity index (χ0n) is 8.43. The van der Waals surface area contributed by atoms with Gasteiger partial charge in [-0.15, -0.1) is 11.3 Å². The molecule has 86 valence electrons. The fraction of sp³-hybridized carbons (Fsp3) is 0.400. The van der Waals surface area contributed by atoms with Crippen LogP contribution in [-0.4, -0.2) is 29.6 Å². The molecule has 0 atom stereocenters. The van der Waals surface area contributed by atoms with Crippen LogP contribution in [0.3, 0.4) is 0 Å². The maximum absolute atomic E-state index is 11.3. The van der Waals surface area contributed by atoms with Gasteiger partial charge in [-0.05, 0) is 24.3 Å². The van der Waals surface area contributed by atoms with Gasteiger partial charge in [0.1, 0.15) is 5.75 Å². The minimum Gasteiger partial charge on any atom is -0.482 e. The first-order chi connectivity index (χ1) is 7.66. The molecule has 16 heavy (non-hydrogen) atoms. The molecule has 1 heterocycles. The Morgan fingerprint density at radius 2 is 2.31 bits per heavy atom. The van der Waals surface area contributed by atoms with Gasteiger partial charge in [0.15, 0.2) is 11.5 Å². The first-order valence-corrected chi connectivity index (χ1v) is 5.77. The minimum absolute atomic E-state index is 0.124. The molecule has 0 bridgehead atoms. The van der Waals surface area contributed by atoms with Crippen molar-refractivity contribution in [2.45, 2.75) is 18.9 Å². The number of hydrogen-bond donors (Lipinski definition) is 2. The zero-order valence-corrected chi connectivity index (χ0v) is 9.25. The number of carboxylic acid groups (broad SMARTS) is 1. The van der Waals surface area contributed by atoms with Crippen LogP contribution in [0.2, 0.25) is 0 Å². The number of carbonyl (C=O) groups is 2. The summed E-state index contributed by atoms with van der Waals surface area (Å²) in [5, 5.41) is 13.2. The number of amides is 1. The quantitative estimate of drug-likeness (QED) is 0.809. The second-order valence-electron chi connectivity index (χ2n) is 3.55. The van der Waals surface area contributed by atoms with Crippen molar-refractivity contribution in [2.75, 3.05) is 6.61 Å². The van der Waals surface area contributed by atoms with E-state index in [9.17, 15) is 9.59 Å². The molecule has 5 nitrogen and oxygen atoms in total. The number of carboxylic acids is 1. The lowest BCUT2D eigenvalue weighted by molar-refractivity contribution is -0.123. The Kier molecular flexibility index (Phi) is 3.09. The summed E-state index contributed by atoms with van der Waals surface area (Å²) in [5.74, 6) is -0.985. The monoisotopic (exact) mass is 241 g/mol. The predicted octanol–water partition coefficient (Wildman–Crippen LogP) is 1.10. The van der Waals surface area contributed by atoms with Crippen molar-refractivity contribution < 1.29 is 19.4 Å². The first-order valence-electron chi connectivity index (χ1n) is 4.90. The van der Waals surface area contributed by atoms with E-state index in [1.807, 2.05) is 0 Å². The lowest BCUT2D eigenvalue weighted by Gasteiger charge is -2.05. The Bertz CT molecular complexity index is 411. The molecule has 1 amide bonds. The van der Waals surface area contributed by atoms with E-state index in [1.54, 1.807) is 11.4 Å². The molecule has 1 fully saturated rings. The van der Waals surface area contributed by atoms with Gasteiger partial charge in [0.05, 0.1) is 0 Å². The van der Waals surface area contributed by atoms with Crippen LogP contribution < -0.4 is 10.1 Å². The van der Waals surface area contributed by atoms with Gasteiger partial charge in [0.25, 0.3) is 5.91 Å². The summed E-state index contributed by atoms with van der Waals surface area (Å²) in [6, 6.07) is 1.84. The van der Waals surface area contributed by atoms with Gasteiger partial charge in [-0.2, -0.15) is 0 Å². The molecule has 0 spiro atoms. The molecule has 0 aliphatic heterocycles. The number of aromatic carboxylic acids is 1. The second-order valence-corrected chi connectivity index (χ2v) is 4.47. The maximum Gasteiger partial charge on any atom is 0.349 e. The van der Waals surface area contributed by atoms with Gasteiger partial charge < -0.3 is 15.2 Å². The van der Waals surface area contributed by atoms with E-state index in [2.05, 4.69) is 5.32 Å². The lowest BCUT2D eigenvalue weighted by Crippen LogP contribution is -2.30. The van der Waals surface area contributed by atoms with E-state index >= 15 is 0 Å². The van der Waals surface area contributed by atoms with Gasteiger partial charge in [-0.3, -0.25) is 4.79 Å². The summed E-state index contributed by atoms with van der Waals surface area (Å²) >= 11 is 1.08. The highest BCUT2D eigenvalue weighted by atomic mass is 32.1. The van der Waals surface area contributed by atoms with E-state index in [4.69, 9.17) is 9.84 Å². The normalized spacial score (nSPS) is 14.5. The molecule has 0 unspecified atom stereocenters. The molecule has 1 saturated carbocycles. The molecule has 1 aliphatic rings. The topological polar surface area (TPSA) is 75.6 Å². The zero-order chi connectivity index (χ0) is 11.5. The van der Waals surface area contributed by atoms with Crippen LogP contribution in [0.5, 0.6) is 5.75 Å². The highest BCUT2D eigenvalue weighted by molar-refractivity contribution is 7.12. The van der Waals surface area contributed by atoms with E-state index in [0.29, 0.717) is 0 Å². The second kappa shape index (κ2) is 4.52. The third kappa shape index (κ3) is 2.73. The van der Waals surface area contributed by atoms with Crippen LogP contribution in [0.25, 0.3) is 0 Å². The predicted molar refractivity (Wildman–Crippen MR) is 57.9 cm³/mol. The summed E-state index contributed by atoms with van der Waals surface area (Å²) in [5.41, 5.74) is 0. The highest BCUT2D eigenvalue weighted by Gasteiger charge is 2.23. The number of rotatable bonds is 5. The Balaban J connectivity index is 1.85. The van der Waals surface area contributed by atoms with Crippen molar-refractivity contribution in [3.05, 3.63) is 16.3 Å². The van der Waals surface area contributed by atoms with Crippen molar-refractivity contribution in [1.29, 1.82) is 0 Å². The van der Waals surface area contributed by atoms with E-state index in [1.165, 1.54) is 0 Å². The Morgan fingerprint density at radius 1 is 1.56 bits per heavy atom. The molecule has 0 saturated heterocycles. The smallest absolute Gasteiger partial charge is 0.349 e. The standard InChI is InChI=1S/C10H11NO4S/c12-8(11-6-1-2-6)5-15-7-3-4-16-9(7)10(13)14/h3-4,6H,1-2,5H2,(H,11,12)(H,13,14). The molecule has 1 aliphatic carbocycles. The maximum atomic E-state index is 11.3. The summed E-state index contributed by atoms with van der Waals surface area (Å²) in [4.78, 5) is 22.2. The summed E-state index contributed by atoms with van der Waals surface area (Å²) in [7, 11) is 0. The van der Waals surface area contributed by atoms with Crippen LogP contribution in [0.1, 0.15) is 22.5 Å². The van der Waals surface area contributed by atoms with Gasteiger partial charge in [-0.25, -0.2) is 4.79 Å². The van der Waals surface area contributed by atoms with Crippen LogP contribution >= 0.6 is 11.3 Å². The van der Waals surface area contributed by atoms with E-state index in [0.717, 1.165) is 24.2 Å². The van der Waals surface area contributed by atoms with E-state index in [-0.39, 0.29) is 29.2 Å². The third-order valence-corrected chi connectivity index (χ3v) is 3.01. The average molecular weight is 241 g/mol. The van der Waals surface area contributed by atoms with Crippen molar-refractivity contribution in [1.82, 2.24) is 5.32 Å². The molecule has 1 aromatic heterocycles. The van der Waals surface area contributed by atoms with Crippen molar-refractivity contribution in [2.24, 2.45) is 0 Å². The fourth-order valence-corrected chi connectivity index (χ4v) is 1.88. The average Bonchev–Trinajstić information content (AvgIpc) is 2.91. The minimum atomic E-state index is -1.03. The summed E-state index contributed by atoms with van der Waals surface area (Å²) in [6.45, 7) is -0.131. The Labute approximate surface area is 96.0 Å². The number of thiophene rings is 1. The summed E-state index contributed by atoms with van der Waals surface area (Å²) < 4.78 is 5.15. The molecule has 0 aromatic carbocycles. The molecule has 1 aromatic rings. The number of hydrogen-bond acceptors (Lipinski definition) is 4. The van der Waals surface area contributed by atoms with E-state index < -0.39 is 5.97 Å². The SMILES string of the molecule is O=C(COc1ccsc1C(=O)O)NC1CC1. The van der Waals surface area contributed by atoms with Crippen molar-refractivity contribution in [3.8, 4) is 5.75 Å². The number of nitrogens with one attached hydrogen (secondary N) is 1. The first kappa shape index (κ1) is 10.9. The van der Waals surface area contributed by atoms with Crippen molar-refractivity contribution >= 4 is 23.2 Å². The van der Waals surface area contributed by atoms with Crippen LogP contribution in [0, 0.1) is 0 Å². The lowest BCUT2D eigenvalue weighted by atomic mass is 10.4. The molecular formula is C10H11NO4S. The van der Waals surface area contributed by atoms with Crippen LogP contribution in [0.15, 0.2) is 11.4 Å². The van der Waals surface area contributed by atoms with Crippen molar-refractivity contribution in [3.63, 3.8) is 0 Å². The fourth-order valence-electron chi connectivity index (χ4n) is 1.21. The number of carbonyl (C=O) groups excluding carboxylic acids is 1. The van der Waals surface area contributed by atoms with Crippen LogP contribution in [0.4, 0.5) is 0 Å². The highest BCUT2D eigenvalue weighted by Crippen LogP contribution is 2.24. The van der Waals surface area contributed by atoms with Gasteiger partial charge in [-0.1, -0.05) is 0 Å². The summed E-state index contributed by atoms with van der Waals surface area (Å²) in [6.07, 6.45) is 2.04. The Morgan fingerprint density at radius 3 is 2.94 bits per heavy atom. The molecule has 2 rings (SSSR count). The van der Waals surface area contributed by atoms with Gasteiger partial charge in [0.2, 0.25) is 0 Å². The largest absolute Gasteiger partial charge is 0.482 e. The third-order valence-electron chi connectivity index (χ3n) is 2.12. The molecule has 0 radical (unpaired) electrons. The van der Waals surface area contributed by atoms with Gasteiger partial charge >= 0.3 is 5.97 Å². The molecule has 2 N–H and O–H groups in total. The Hall–Kier alpha value is -1.56. The number of ether oxygens (including phenoxy) is 1. The van der Waals surface area contributed by atoms with Crippen LogP contribution in [-0.2, 0) is 4.79 Å².